The van der Waals surface area contributed by atoms with Crippen LogP contribution in [0, 0.1) is 5.92 Å². The summed E-state index contributed by atoms with van der Waals surface area (Å²) in [7, 11) is 0. The van der Waals surface area contributed by atoms with Gasteiger partial charge in [-0.2, -0.15) is 5.10 Å². The Balaban J connectivity index is 2.22. The molecule has 0 aliphatic heterocycles. The van der Waals surface area contributed by atoms with E-state index >= 15 is 0 Å². The van der Waals surface area contributed by atoms with Crippen LogP contribution in [0.25, 0.3) is 0 Å². The van der Waals surface area contributed by atoms with Gasteiger partial charge in [0.25, 0.3) is 0 Å². The molecule has 96 valence electrons. The van der Waals surface area contributed by atoms with Crippen molar-refractivity contribution in [1.82, 2.24) is 5.43 Å². The summed E-state index contributed by atoms with van der Waals surface area (Å²) in [5, 5.41) is 4.21. The summed E-state index contributed by atoms with van der Waals surface area (Å²) in [6.45, 7) is 0. The van der Waals surface area contributed by atoms with Gasteiger partial charge in [0.15, 0.2) is 0 Å². The Hall–Kier alpha value is -1.84. The lowest BCUT2D eigenvalue weighted by Gasteiger charge is -2.23. The summed E-state index contributed by atoms with van der Waals surface area (Å²) >= 11 is 0. The van der Waals surface area contributed by atoms with E-state index < -0.39 is 6.03 Å². The van der Waals surface area contributed by atoms with Gasteiger partial charge in [0.1, 0.15) is 0 Å². The van der Waals surface area contributed by atoms with Crippen LogP contribution in [0.4, 0.5) is 4.79 Å². The Kier molecular flexibility index (Phi) is 4.34. The second kappa shape index (κ2) is 6.19. The Morgan fingerprint density at radius 3 is 2.44 bits per heavy atom. The number of nitrogens with zero attached hydrogens (tertiary/aromatic N) is 1. The monoisotopic (exact) mass is 245 g/mol. The third-order valence-electron chi connectivity index (χ3n) is 3.35. The molecule has 0 spiro atoms. The van der Waals surface area contributed by atoms with E-state index in [4.69, 9.17) is 5.73 Å². The van der Waals surface area contributed by atoms with Crippen molar-refractivity contribution in [2.24, 2.45) is 16.8 Å². The van der Waals surface area contributed by atoms with Crippen LogP contribution in [0.2, 0.25) is 0 Å². The molecule has 18 heavy (non-hydrogen) atoms. The Labute approximate surface area is 107 Å². The number of rotatable bonds is 3. The number of nitrogens with one attached hydrogen (secondary N) is 1. The number of hydrogen-bond acceptors (Lipinski definition) is 2. The Bertz CT molecular complexity index is 422. The standard InChI is InChI=1S/C14H19N3O/c15-14(18)17-16-13(11-7-3-1-4-8-11)12-9-5-2-6-10-12/h1,3-4,7-8,12H,2,5-6,9-10H2,(H3,15,17,18)/b16-13+. The fraction of sp³-hybridized carbons (Fsp3) is 0.429. The molecule has 1 saturated carbocycles. The molecule has 0 saturated heterocycles. The van der Waals surface area contributed by atoms with E-state index in [2.05, 4.69) is 10.5 Å². The van der Waals surface area contributed by atoms with Gasteiger partial charge in [-0.15, -0.1) is 0 Å². The van der Waals surface area contributed by atoms with Crippen molar-refractivity contribution in [3.05, 3.63) is 35.9 Å². The predicted molar refractivity (Wildman–Crippen MR) is 72.3 cm³/mol. The largest absolute Gasteiger partial charge is 0.350 e. The van der Waals surface area contributed by atoms with Gasteiger partial charge in [0.2, 0.25) is 0 Å². The van der Waals surface area contributed by atoms with Crippen molar-refractivity contribution < 1.29 is 4.79 Å². The third kappa shape index (κ3) is 3.32. The van der Waals surface area contributed by atoms with Gasteiger partial charge in [-0.1, -0.05) is 49.6 Å². The minimum Gasteiger partial charge on any atom is -0.350 e. The third-order valence-corrected chi connectivity index (χ3v) is 3.35. The van der Waals surface area contributed by atoms with Crippen molar-refractivity contribution in [2.75, 3.05) is 0 Å². The van der Waals surface area contributed by atoms with E-state index in [-0.39, 0.29) is 0 Å². The molecule has 4 nitrogen and oxygen atoms in total. The van der Waals surface area contributed by atoms with Crippen LogP contribution in [0.1, 0.15) is 37.7 Å². The summed E-state index contributed by atoms with van der Waals surface area (Å²) < 4.78 is 0. The number of carbonyl (C=O) groups is 1. The quantitative estimate of drug-likeness (QED) is 0.624. The average Bonchev–Trinajstić information content (AvgIpc) is 2.41. The molecule has 1 aliphatic carbocycles. The smallest absolute Gasteiger partial charge is 0.332 e. The number of primary amides is 1. The van der Waals surface area contributed by atoms with Crippen LogP contribution in [0.5, 0.6) is 0 Å². The fourth-order valence-corrected chi connectivity index (χ4v) is 2.49. The van der Waals surface area contributed by atoms with Crippen LogP contribution >= 0.6 is 0 Å². The zero-order valence-corrected chi connectivity index (χ0v) is 10.4. The highest BCUT2D eigenvalue weighted by Crippen LogP contribution is 2.27. The summed E-state index contributed by atoms with van der Waals surface area (Å²) in [5.74, 6) is 0.424. The van der Waals surface area contributed by atoms with Crippen LogP contribution in [-0.4, -0.2) is 11.7 Å². The van der Waals surface area contributed by atoms with E-state index in [1.165, 1.54) is 19.3 Å². The first kappa shape index (κ1) is 12.6. The minimum absolute atomic E-state index is 0.424. The number of hydrogen-bond donors (Lipinski definition) is 2. The molecule has 0 radical (unpaired) electrons. The Morgan fingerprint density at radius 1 is 1.17 bits per heavy atom. The van der Waals surface area contributed by atoms with E-state index in [0.717, 1.165) is 24.1 Å². The van der Waals surface area contributed by atoms with Crippen molar-refractivity contribution >= 4 is 11.7 Å². The molecular weight excluding hydrogens is 226 g/mol. The zero-order valence-electron chi connectivity index (χ0n) is 10.4. The average molecular weight is 245 g/mol. The van der Waals surface area contributed by atoms with E-state index in [1.807, 2.05) is 30.3 Å². The molecule has 0 heterocycles. The zero-order chi connectivity index (χ0) is 12.8. The van der Waals surface area contributed by atoms with Crippen molar-refractivity contribution in [3.63, 3.8) is 0 Å². The fourth-order valence-electron chi connectivity index (χ4n) is 2.49. The molecule has 2 amide bonds. The first-order valence-electron chi connectivity index (χ1n) is 6.46. The van der Waals surface area contributed by atoms with Gasteiger partial charge in [0, 0.05) is 5.92 Å². The van der Waals surface area contributed by atoms with Crippen LogP contribution in [0.15, 0.2) is 35.4 Å². The molecule has 1 fully saturated rings. The number of carbonyl (C=O) groups excluding carboxylic acids is 1. The van der Waals surface area contributed by atoms with Gasteiger partial charge in [-0.3, -0.25) is 0 Å². The molecule has 0 bridgehead atoms. The van der Waals surface area contributed by atoms with Gasteiger partial charge >= 0.3 is 6.03 Å². The molecule has 0 unspecified atom stereocenters. The molecule has 4 heteroatoms. The molecule has 1 aliphatic rings. The molecule has 0 atom stereocenters. The van der Waals surface area contributed by atoms with Crippen LogP contribution in [-0.2, 0) is 0 Å². The highest BCUT2D eigenvalue weighted by Gasteiger charge is 2.20. The summed E-state index contributed by atoms with van der Waals surface area (Å²) in [6.07, 6.45) is 6.02. The topological polar surface area (TPSA) is 67.5 Å². The lowest BCUT2D eigenvalue weighted by Crippen LogP contribution is -2.28. The highest BCUT2D eigenvalue weighted by atomic mass is 16.2. The number of benzene rings is 1. The molecular formula is C14H19N3O. The van der Waals surface area contributed by atoms with E-state index in [1.54, 1.807) is 0 Å². The summed E-state index contributed by atoms with van der Waals surface area (Å²) in [4.78, 5) is 10.8. The van der Waals surface area contributed by atoms with Crippen molar-refractivity contribution in [2.45, 2.75) is 32.1 Å². The number of hydrazone groups is 1. The first-order chi connectivity index (χ1) is 8.77. The van der Waals surface area contributed by atoms with Gasteiger partial charge < -0.3 is 5.73 Å². The van der Waals surface area contributed by atoms with Gasteiger partial charge in [0.05, 0.1) is 5.71 Å². The normalized spacial score (nSPS) is 17.4. The highest BCUT2D eigenvalue weighted by molar-refractivity contribution is 6.02. The van der Waals surface area contributed by atoms with Crippen molar-refractivity contribution in [1.29, 1.82) is 0 Å². The summed E-state index contributed by atoms with van der Waals surface area (Å²) in [5.41, 5.74) is 9.48. The van der Waals surface area contributed by atoms with Crippen molar-refractivity contribution in [3.8, 4) is 0 Å². The van der Waals surface area contributed by atoms with E-state index in [0.29, 0.717) is 5.92 Å². The second-order valence-electron chi connectivity index (χ2n) is 4.67. The van der Waals surface area contributed by atoms with Crippen LogP contribution in [0.3, 0.4) is 0 Å². The van der Waals surface area contributed by atoms with Gasteiger partial charge in [-0.05, 0) is 18.4 Å². The summed E-state index contributed by atoms with van der Waals surface area (Å²) in [6, 6.07) is 9.38. The van der Waals surface area contributed by atoms with E-state index in [9.17, 15) is 4.79 Å². The molecule has 3 N–H and O–H groups in total. The SMILES string of the molecule is NC(=O)N/N=C(\c1ccccc1)C1CCCCC1. The lowest BCUT2D eigenvalue weighted by molar-refractivity contribution is 0.249. The number of nitrogens with two attached hydrogens (primary N) is 1. The predicted octanol–water partition coefficient (Wildman–Crippen LogP) is 2.64. The van der Waals surface area contributed by atoms with Gasteiger partial charge in [-0.25, -0.2) is 10.2 Å². The number of urea groups is 1. The second-order valence-corrected chi connectivity index (χ2v) is 4.67. The Morgan fingerprint density at radius 2 is 1.83 bits per heavy atom. The lowest BCUT2D eigenvalue weighted by atomic mass is 9.83. The molecule has 1 aromatic rings. The maximum Gasteiger partial charge on any atom is 0.332 e. The minimum atomic E-state index is -0.612. The molecule has 2 rings (SSSR count). The maximum absolute atomic E-state index is 10.8. The number of amides is 2. The maximum atomic E-state index is 10.8. The molecule has 0 aromatic heterocycles. The first-order valence-corrected chi connectivity index (χ1v) is 6.46. The van der Waals surface area contributed by atoms with Crippen LogP contribution < -0.4 is 11.2 Å². The molecule has 1 aromatic carbocycles.